The molecule has 102 valence electrons. The Hall–Kier alpha value is 0.380. The lowest BCUT2D eigenvalue weighted by Gasteiger charge is -2.12. The highest BCUT2D eigenvalue weighted by atomic mass is 79.9. The van der Waals surface area contributed by atoms with Crippen LogP contribution in [0.15, 0.2) is 32.0 Å². The minimum Gasteiger partial charge on any atom is -0.211 e. The molecule has 1 unspecified atom stereocenters. The van der Waals surface area contributed by atoms with Crippen LogP contribution in [-0.4, -0.2) is 20.8 Å². The van der Waals surface area contributed by atoms with Gasteiger partial charge in [-0.2, -0.15) is 0 Å². The van der Waals surface area contributed by atoms with E-state index in [1.165, 1.54) is 0 Å². The number of benzene rings is 1. The van der Waals surface area contributed by atoms with Crippen molar-refractivity contribution in [3.8, 4) is 0 Å². The van der Waals surface area contributed by atoms with Gasteiger partial charge < -0.3 is 0 Å². The van der Waals surface area contributed by atoms with Crippen molar-refractivity contribution in [2.45, 2.75) is 18.2 Å². The van der Waals surface area contributed by atoms with Gasteiger partial charge in [-0.25, -0.2) is 13.1 Å². The maximum atomic E-state index is 12.1. The highest BCUT2D eigenvalue weighted by Gasteiger charge is 2.18. The third kappa shape index (κ3) is 4.81. The standard InChI is InChI=1S/C11H14Br2ClNO2S/c1-8(4-5-14)7-15-18(16,17)11-6-9(12)2-3-10(11)13/h2-3,6,8,15H,4-5,7H2,1H3. The summed E-state index contributed by atoms with van der Waals surface area (Å²) in [6.07, 6.45) is 0.781. The lowest BCUT2D eigenvalue weighted by atomic mass is 10.1. The van der Waals surface area contributed by atoms with Crippen molar-refractivity contribution in [2.24, 2.45) is 5.92 Å². The lowest BCUT2D eigenvalue weighted by Crippen LogP contribution is -2.28. The SMILES string of the molecule is CC(CCCl)CNS(=O)(=O)c1cc(Br)ccc1Br. The van der Waals surface area contributed by atoms with Gasteiger partial charge >= 0.3 is 0 Å². The number of alkyl halides is 1. The molecule has 0 radical (unpaired) electrons. The third-order valence-electron chi connectivity index (χ3n) is 2.41. The van der Waals surface area contributed by atoms with E-state index in [-0.39, 0.29) is 10.8 Å². The molecule has 1 aromatic rings. The van der Waals surface area contributed by atoms with E-state index in [9.17, 15) is 8.42 Å². The van der Waals surface area contributed by atoms with Crippen molar-refractivity contribution >= 4 is 53.5 Å². The first-order chi connectivity index (χ1) is 8.36. The minimum absolute atomic E-state index is 0.211. The van der Waals surface area contributed by atoms with E-state index >= 15 is 0 Å². The van der Waals surface area contributed by atoms with Crippen LogP contribution < -0.4 is 4.72 Å². The first-order valence-electron chi connectivity index (χ1n) is 5.37. The number of hydrogen-bond donors (Lipinski definition) is 1. The molecule has 1 aromatic carbocycles. The second-order valence-electron chi connectivity index (χ2n) is 4.01. The zero-order valence-electron chi connectivity index (χ0n) is 9.79. The van der Waals surface area contributed by atoms with E-state index in [4.69, 9.17) is 11.6 Å². The largest absolute Gasteiger partial charge is 0.241 e. The molecule has 0 amide bonds. The average molecular weight is 420 g/mol. The summed E-state index contributed by atoms with van der Waals surface area (Å²) in [7, 11) is -3.50. The summed E-state index contributed by atoms with van der Waals surface area (Å²) in [6, 6.07) is 5.04. The van der Waals surface area contributed by atoms with Crippen LogP contribution in [0.3, 0.4) is 0 Å². The van der Waals surface area contributed by atoms with E-state index in [2.05, 4.69) is 36.6 Å². The van der Waals surface area contributed by atoms with E-state index in [0.29, 0.717) is 16.9 Å². The van der Waals surface area contributed by atoms with Crippen molar-refractivity contribution in [3.63, 3.8) is 0 Å². The van der Waals surface area contributed by atoms with Gasteiger partial charge in [0, 0.05) is 21.4 Å². The summed E-state index contributed by atoms with van der Waals surface area (Å²) >= 11 is 12.1. The van der Waals surface area contributed by atoms with Gasteiger partial charge in [0.2, 0.25) is 10.0 Å². The molecule has 0 aliphatic heterocycles. The Bertz CT molecular complexity index is 508. The normalized spacial score (nSPS) is 13.6. The zero-order chi connectivity index (χ0) is 13.8. The monoisotopic (exact) mass is 417 g/mol. The van der Waals surface area contributed by atoms with Crippen LogP contribution in [0.2, 0.25) is 0 Å². The summed E-state index contributed by atoms with van der Waals surface area (Å²) < 4.78 is 28.1. The molecule has 0 saturated heterocycles. The maximum Gasteiger partial charge on any atom is 0.241 e. The van der Waals surface area contributed by atoms with Crippen LogP contribution in [0, 0.1) is 5.92 Å². The Morgan fingerprint density at radius 2 is 2.06 bits per heavy atom. The first-order valence-corrected chi connectivity index (χ1v) is 8.98. The summed E-state index contributed by atoms with van der Waals surface area (Å²) in [5.41, 5.74) is 0. The summed E-state index contributed by atoms with van der Waals surface area (Å²) in [5, 5.41) is 0. The minimum atomic E-state index is -3.50. The molecule has 0 bridgehead atoms. The molecule has 3 nitrogen and oxygen atoms in total. The van der Waals surface area contributed by atoms with Crippen LogP contribution in [0.25, 0.3) is 0 Å². The summed E-state index contributed by atoms with van der Waals surface area (Å²) in [5.74, 6) is 0.743. The van der Waals surface area contributed by atoms with Crippen LogP contribution in [-0.2, 0) is 10.0 Å². The molecule has 1 rings (SSSR count). The van der Waals surface area contributed by atoms with Crippen molar-refractivity contribution in [1.82, 2.24) is 4.72 Å². The van der Waals surface area contributed by atoms with Gasteiger partial charge in [0.05, 0.1) is 4.90 Å². The van der Waals surface area contributed by atoms with Crippen molar-refractivity contribution < 1.29 is 8.42 Å². The van der Waals surface area contributed by atoms with Crippen molar-refractivity contribution in [2.75, 3.05) is 12.4 Å². The summed E-state index contributed by atoms with van der Waals surface area (Å²) in [4.78, 5) is 0.231. The molecule has 0 spiro atoms. The van der Waals surface area contributed by atoms with Gasteiger partial charge in [0.25, 0.3) is 0 Å². The number of nitrogens with one attached hydrogen (secondary N) is 1. The average Bonchev–Trinajstić information content (AvgIpc) is 2.30. The molecule has 0 aliphatic rings. The Labute approximate surface area is 130 Å². The number of halogens is 3. The van der Waals surface area contributed by atoms with Gasteiger partial charge in [0.1, 0.15) is 0 Å². The Balaban J connectivity index is 2.83. The predicted molar refractivity (Wildman–Crippen MR) is 81.5 cm³/mol. The highest BCUT2D eigenvalue weighted by molar-refractivity contribution is 9.11. The van der Waals surface area contributed by atoms with Crippen molar-refractivity contribution in [1.29, 1.82) is 0 Å². The molecule has 7 heteroatoms. The third-order valence-corrected chi connectivity index (χ3v) is 5.54. The van der Waals surface area contributed by atoms with Crippen LogP contribution in [0.1, 0.15) is 13.3 Å². The second kappa shape index (κ2) is 7.24. The fraction of sp³-hybridized carbons (Fsp3) is 0.455. The van der Waals surface area contributed by atoms with Gasteiger partial charge in [0.15, 0.2) is 0 Å². The molecule has 18 heavy (non-hydrogen) atoms. The van der Waals surface area contributed by atoms with Gasteiger partial charge in [-0.1, -0.05) is 22.9 Å². The molecule has 1 atom stereocenters. The Morgan fingerprint density at radius 3 is 2.67 bits per heavy atom. The quantitative estimate of drug-likeness (QED) is 0.714. The van der Waals surface area contributed by atoms with E-state index < -0.39 is 10.0 Å². The maximum absolute atomic E-state index is 12.1. The molecule has 1 N–H and O–H groups in total. The molecular formula is C11H14Br2ClNO2S. The molecule has 0 fully saturated rings. The lowest BCUT2D eigenvalue weighted by molar-refractivity contribution is 0.530. The van der Waals surface area contributed by atoms with Crippen molar-refractivity contribution in [3.05, 3.63) is 27.1 Å². The smallest absolute Gasteiger partial charge is 0.211 e. The molecule has 0 aromatic heterocycles. The van der Waals surface area contributed by atoms with Gasteiger partial charge in [-0.15, -0.1) is 11.6 Å². The van der Waals surface area contributed by atoms with E-state index in [1.54, 1.807) is 18.2 Å². The highest BCUT2D eigenvalue weighted by Crippen LogP contribution is 2.25. The van der Waals surface area contributed by atoms with Crippen LogP contribution in [0.4, 0.5) is 0 Å². The van der Waals surface area contributed by atoms with Gasteiger partial charge in [-0.3, -0.25) is 0 Å². The fourth-order valence-corrected chi connectivity index (χ4v) is 4.34. The van der Waals surface area contributed by atoms with Gasteiger partial charge in [-0.05, 0) is 46.5 Å². The number of rotatable bonds is 6. The Morgan fingerprint density at radius 1 is 1.39 bits per heavy atom. The molecule has 0 saturated carbocycles. The molecular weight excluding hydrogens is 405 g/mol. The summed E-state index contributed by atoms with van der Waals surface area (Å²) in [6.45, 7) is 2.34. The van der Waals surface area contributed by atoms with E-state index in [1.807, 2.05) is 6.92 Å². The molecule has 0 aliphatic carbocycles. The first kappa shape index (κ1) is 16.4. The zero-order valence-corrected chi connectivity index (χ0v) is 14.5. The van der Waals surface area contributed by atoms with E-state index in [0.717, 1.165) is 10.9 Å². The predicted octanol–water partition coefficient (Wildman–Crippen LogP) is 3.75. The van der Waals surface area contributed by atoms with Crippen LogP contribution in [0.5, 0.6) is 0 Å². The Kier molecular flexibility index (Phi) is 6.61. The topological polar surface area (TPSA) is 46.2 Å². The number of hydrogen-bond acceptors (Lipinski definition) is 2. The number of sulfonamides is 1. The molecule has 0 heterocycles. The van der Waals surface area contributed by atoms with Crippen LogP contribution >= 0.6 is 43.5 Å². The second-order valence-corrected chi connectivity index (χ2v) is 7.89. The fourth-order valence-electron chi connectivity index (χ4n) is 1.30.